The van der Waals surface area contributed by atoms with E-state index in [9.17, 15) is 9.59 Å². The molecular formula is C16H18N2O3S. The summed E-state index contributed by atoms with van der Waals surface area (Å²) in [7, 11) is 0. The van der Waals surface area contributed by atoms with Crippen molar-refractivity contribution in [2.45, 2.75) is 33.6 Å². The van der Waals surface area contributed by atoms with Crippen LogP contribution in [0.25, 0.3) is 11.3 Å². The number of amides is 1. The standard InChI is InChI=1S/C16H18N2O3S/c1-9-6-10(2)15(11(3)7-9)12-8-22-16(17-12)18-13(19)4-5-14(20)21/h6-8H,4-5H2,1-3H3,(H,20,21)(H,17,18,19). The van der Waals surface area contributed by atoms with Gasteiger partial charge in [0, 0.05) is 17.4 Å². The van der Waals surface area contributed by atoms with Crippen LogP contribution in [0.4, 0.5) is 5.13 Å². The van der Waals surface area contributed by atoms with Gasteiger partial charge in [-0.15, -0.1) is 11.3 Å². The van der Waals surface area contributed by atoms with Crippen molar-refractivity contribution < 1.29 is 14.7 Å². The molecule has 5 nitrogen and oxygen atoms in total. The average Bonchev–Trinajstić information content (AvgIpc) is 2.83. The number of carboxylic acids is 1. The Bertz CT molecular complexity index is 699. The number of hydrogen-bond donors (Lipinski definition) is 2. The minimum absolute atomic E-state index is 0.0488. The number of thiazole rings is 1. The summed E-state index contributed by atoms with van der Waals surface area (Å²) < 4.78 is 0. The van der Waals surface area contributed by atoms with E-state index in [1.165, 1.54) is 16.9 Å². The molecule has 0 aliphatic heterocycles. The van der Waals surface area contributed by atoms with Crippen LogP contribution in [0.3, 0.4) is 0 Å². The van der Waals surface area contributed by atoms with Crippen molar-refractivity contribution in [3.8, 4) is 11.3 Å². The van der Waals surface area contributed by atoms with Crippen LogP contribution >= 0.6 is 11.3 Å². The lowest BCUT2D eigenvalue weighted by Gasteiger charge is -2.08. The number of anilines is 1. The first-order valence-corrected chi connectivity index (χ1v) is 7.80. The fourth-order valence-corrected chi connectivity index (χ4v) is 3.15. The van der Waals surface area contributed by atoms with Crippen LogP contribution in [0, 0.1) is 20.8 Å². The molecule has 1 aromatic heterocycles. The monoisotopic (exact) mass is 318 g/mol. The van der Waals surface area contributed by atoms with Crippen LogP contribution in [-0.4, -0.2) is 22.0 Å². The van der Waals surface area contributed by atoms with E-state index in [-0.39, 0.29) is 18.7 Å². The fraction of sp³-hybridized carbons (Fsp3) is 0.312. The molecule has 0 aliphatic carbocycles. The zero-order chi connectivity index (χ0) is 16.3. The summed E-state index contributed by atoms with van der Waals surface area (Å²) in [5.74, 6) is -1.32. The van der Waals surface area contributed by atoms with Crippen molar-refractivity contribution >= 4 is 28.3 Å². The summed E-state index contributed by atoms with van der Waals surface area (Å²) in [5.41, 5.74) is 5.40. The van der Waals surface area contributed by atoms with Crippen LogP contribution in [0.2, 0.25) is 0 Å². The molecule has 0 spiro atoms. The molecule has 2 aromatic rings. The smallest absolute Gasteiger partial charge is 0.303 e. The van der Waals surface area contributed by atoms with Gasteiger partial charge in [0.25, 0.3) is 0 Å². The number of carbonyl (C=O) groups excluding carboxylic acids is 1. The largest absolute Gasteiger partial charge is 0.481 e. The van der Waals surface area contributed by atoms with Gasteiger partial charge < -0.3 is 10.4 Å². The number of aryl methyl sites for hydroxylation is 3. The Balaban J connectivity index is 2.15. The number of nitrogens with zero attached hydrogens (tertiary/aromatic N) is 1. The molecule has 0 aliphatic rings. The van der Waals surface area contributed by atoms with Gasteiger partial charge in [-0.3, -0.25) is 9.59 Å². The predicted octanol–water partition coefficient (Wildman–Crippen LogP) is 3.54. The Labute approximate surface area is 133 Å². The highest BCUT2D eigenvalue weighted by atomic mass is 32.1. The van der Waals surface area contributed by atoms with Gasteiger partial charge in [-0.05, 0) is 31.9 Å². The van der Waals surface area contributed by atoms with Gasteiger partial charge in [0.1, 0.15) is 0 Å². The molecule has 0 fully saturated rings. The van der Waals surface area contributed by atoms with Gasteiger partial charge in [-0.25, -0.2) is 4.98 Å². The lowest BCUT2D eigenvalue weighted by atomic mass is 9.98. The lowest BCUT2D eigenvalue weighted by molar-refractivity contribution is -0.138. The average molecular weight is 318 g/mol. The Morgan fingerprint density at radius 2 is 1.82 bits per heavy atom. The van der Waals surface area contributed by atoms with E-state index in [1.54, 1.807) is 0 Å². The van der Waals surface area contributed by atoms with E-state index in [2.05, 4.69) is 29.4 Å². The quantitative estimate of drug-likeness (QED) is 0.883. The maximum atomic E-state index is 11.6. The first-order valence-electron chi connectivity index (χ1n) is 6.92. The number of nitrogens with one attached hydrogen (secondary N) is 1. The van der Waals surface area contributed by atoms with Crippen molar-refractivity contribution in [3.05, 3.63) is 34.2 Å². The molecule has 2 N–H and O–H groups in total. The third kappa shape index (κ3) is 3.92. The van der Waals surface area contributed by atoms with Gasteiger partial charge >= 0.3 is 5.97 Å². The van der Waals surface area contributed by atoms with E-state index in [0.29, 0.717) is 5.13 Å². The summed E-state index contributed by atoms with van der Waals surface area (Å²) in [6.45, 7) is 6.14. The van der Waals surface area contributed by atoms with Crippen molar-refractivity contribution in [1.29, 1.82) is 0 Å². The molecule has 2 rings (SSSR count). The van der Waals surface area contributed by atoms with Gasteiger partial charge in [0.05, 0.1) is 12.1 Å². The minimum atomic E-state index is -0.985. The van der Waals surface area contributed by atoms with Crippen molar-refractivity contribution in [2.75, 3.05) is 5.32 Å². The van der Waals surface area contributed by atoms with Crippen LogP contribution in [0.5, 0.6) is 0 Å². The molecule has 0 atom stereocenters. The Kier molecular flexibility index (Phi) is 4.92. The minimum Gasteiger partial charge on any atom is -0.481 e. The zero-order valence-corrected chi connectivity index (χ0v) is 13.6. The molecule has 0 saturated carbocycles. The second-order valence-electron chi connectivity index (χ2n) is 5.25. The van der Waals surface area contributed by atoms with Gasteiger partial charge in [-0.2, -0.15) is 0 Å². The molecule has 0 saturated heterocycles. The Morgan fingerprint density at radius 3 is 2.41 bits per heavy atom. The number of carbonyl (C=O) groups is 2. The molecule has 0 bridgehead atoms. The third-order valence-electron chi connectivity index (χ3n) is 3.25. The van der Waals surface area contributed by atoms with E-state index in [0.717, 1.165) is 22.4 Å². The highest BCUT2D eigenvalue weighted by Crippen LogP contribution is 2.31. The van der Waals surface area contributed by atoms with Crippen LogP contribution in [0.15, 0.2) is 17.5 Å². The first-order chi connectivity index (χ1) is 10.4. The lowest BCUT2D eigenvalue weighted by Crippen LogP contribution is -2.12. The topological polar surface area (TPSA) is 79.3 Å². The molecule has 116 valence electrons. The first kappa shape index (κ1) is 16.2. The number of carboxylic acid groups (broad SMARTS) is 1. The normalized spacial score (nSPS) is 10.5. The second-order valence-corrected chi connectivity index (χ2v) is 6.11. The number of aliphatic carboxylic acids is 1. The molecule has 0 unspecified atom stereocenters. The highest BCUT2D eigenvalue weighted by molar-refractivity contribution is 7.14. The number of rotatable bonds is 5. The van der Waals surface area contributed by atoms with E-state index in [1.807, 2.05) is 19.2 Å². The summed E-state index contributed by atoms with van der Waals surface area (Å²) >= 11 is 1.34. The molecular weight excluding hydrogens is 300 g/mol. The number of hydrogen-bond acceptors (Lipinski definition) is 4. The van der Waals surface area contributed by atoms with Crippen molar-refractivity contribution in [3.63, 3.8) is 0 Å². The summed E-state index contributed by atoms with van der Waals surface area (Å²) in [6.07, 6.45) is -0.229. The summed E-state index contributed by atoms with van der Waals surface area (Å²) in [4.78, 5) is 26.5. The van der Waals surface area contributed by atoms with Crippen molar-refractivity contribution in [1.82, 2.24) is 4.98 Å². The van der Waals surface area contributed by atoms with Crippen LogP contribution in [0.1, 0.15) is 29.5 Å². The molecule has 0 radical (unpaired) electrons. The molecule has 1 amide bonds. The molecule has 6 heteroatoms. The van der Waals surface area contributed by atoms with Crippen LogP contribution < -0.4 is 5.32 Å². The molecule has 1 aromatic carbocycles. The molecule has 1 heterocycles. The fourth-order valence-electron chi connectivity index (χ4n) is 2.43. The van der Waals surface area contributed by atoms with Gasteiger partial charge in [0.2, 0.25) is 5.91 Å². The SMILES string of the molecule is Cc1cc(C)c(-c2csc(NC(=O)CCC(=O)O)n2)c(C)c1. The Hall–Kier alpha value is -2.21. The van der Waals surface area contributed by atoms with Gasteiger partial charge in [0.15, 0.2) is 5.13 Å². The zero-order valence-electron chi connectivity index (χ0n) is 12.8. The number of benzene rings is 1. The third-order valence-corrected chi connectivity index (χ3v) is 4.01. The van der Waals surface area contributed by atoms with E-state index < -0.39 is 5.97 Å². The van der Waals surface area contributed by atoms with Crippen molar-refractivity contribution in [2.24, 2.45) is 0 Å². The maximum Gasteiger partial charge on any atom is 0.303 e. The molecule has 22 heavy (non-hydrogen) atoms. The summed E-state index contributed by atoms with van der Waals surface area (Å²) in [5, 5.41) is 13.6. The van der Waals surface area contributed by atoms with E-state index in [4.69, 9.17) is 5.11 Å². The predicted molar refractivity (Wildman–Crippen MR) is 87.3 cm³/mol. The summed E-state index contributed by atoms with van der Waals surface area (Å²) in [6, 6.07) is 4.21. The Morgan fingerprint density at radius 1 is 1.18 bits per heavy atom. The second kappa shape index (κ2) is 6.70. The van der Waals surface area contributed by atoms with E-state index >= 15 is 0 Å². The van der Waals surface area contributed by atoms with Crippen LogP contribution in [-0.2, 0) is 9.59 Å². The highest BCUT2D eigenvalue weighted by Gasteiger charge is 2.12. The van der Waals surface area contributed by atoms with Gasteiger partial charge in [-0.1, -0.05) is 17.7 Å². The maximum absolute atomic E-state index is 11.6. The number of aromatic nitrogens is 1.